The highest BCUT2D eigenvalue weighted by Gasteiger charge is 2.18. The summed E-state index contributed by atoms with van der Waals surface area (Å²) in [7, 11) is 0. The van der Waals surface area contributed by atoms with E-state index in [0.29, 0.717) is 0 Å². The number of hydrogen-bond acceptors (Lipinski definition) is 4. The Bertz CT molecular complexity index is 384. The van der Waals surface area contributed by atoms with Crippen LogP contribution in [0, 0.1) is 0 Å². The van der Waals surface area contributed by atoms with Crippen LogP contribution in [0.4, 0.5) is 0 Å². The molecule has 2 N–H and O–H groups in total. The van der Waals surface area contributed by atoms with E-state index in [1.165, 1.54) is 0 Å². The minimum Gasteiger partial charge on any atom is -0.505 e. The first-order chi connectivity index (χ1) is 7.50. The molecule has 1 aromatic heterocycles. The summed E-state index contributed by atoms with van der Waals surface area (Å²) in [4.78, 5) is 6.70. The predicted molar refractivity (Wildman–Crippen MR) is 38.9 cm³/mol. The zero-order valence-corrected chi connectivity index (χ0v) is 5.44. The molecule has 1 heterocycles. The van der Waals surface area contributed by atoms with Gasteiger partial charge in [0.1, 0.15) is 5.60 Å². The van der Waals surface area contributed by atoms with Gasteiger partial charge in [0.2, 0.25) is 0 Å². The van der Waals surface area contributed by atoms with Gasteiger partial charge in [-0.05, 0) is 13.7 Å². The molecule has 0 amide bonds. The van der Waals surface area contributed by atoms with E-state index in [1.54, 1.807) is 0 Å². The molecule has 0 radical (unpaired) electrons. The van der Waals surface area contributed by atoms with Crippen LogP contribution < -0.4 is 0 Å². The summed E-state index contributed by atoms with van der Waals surface area (Å²) in [5.41, 5.74) is -3.17. The summed E-state index contributed by atoms with van der Waals surface area (Å²) in [6, 6.07) is 0. The van der Waals surface area contributed by atoms with Gasteiger partial charge >= 0.3 is 0 Å². The average Bonchev–Trinajstić information content (AvgIpc) is 2.14. The molecule has 4 nitrogen and oxygen atoms in total. The van der Waals surface area contributed by atoms with E-state index in [2.05, 4.69) is 9.97 Å². The quantitative estimate of drug-likeness (QED) is 0.624. The fourth-order valence-electron chi connectivity index (χ4n) is 0.508. The number of aliphatic hydroxyl groups is 1. The van der Waals surface area contributed by atoms with E-state index in [0.717, 1.165) is 12.4 Å². The molecule has 0 aliphatic carbocycles. The second-order valence-electron chi connectivity index (χ2n) is 1.98. The normalized spacial score (nSPS) is 21.9. The Morgan fingerprint density at radius 3 is 2.45 bits per heavy atom. The Labute approximate surface area is 73.0 Å². The zero-order chi connectivity index (χ0) is 13.5. The van der Waals surface area contributed by atoms with Gasteiger partial charge in [-0.15, -0.1) is 0 Å². The van der Waals surface area contributed by atoms with Gasteiger partial charge in [0.25, 0.3) is 0 Å². The number of rotatable bonds is 1. The maximum absolute atomic E-state index is 9.91. The van der Waals surface area contributed by atoms with Crippen LogP contribution in [0.25, 0.3) is 0 Å². The van der Waals surface area contributed by atoms with Crippen molar-refractivity contribution in [3.8, 4) is 5.75 Å². The molecular weight excluding hydrogens is 144 g/mol. The second-order valence-corrected chi connectivity index (χ2v) is 1.98. The fourth-order valence-corrected chi connectivity index (χ4v) is 0.508. The Balaban J connectivity index is 3.41. The molecule has 4 heteroatoms. The second kappa shape index (κ2) is 2.47. The van der Waals surface area contributed by atoms with E-state index < -0.39 is 25.1 Å². The number of hydrogen-bond donors (Lipinski definition) is 2. The Morgan fingerprint density at radius 1 is 1.45 bits per heavy atom. The van der Waals surface area contributed by atoms with Crippen LogP contribution in [0.1, 0.15) is 27.8 Å². The zero-order valence-electron chi connectivity index (χ0n) is 11.4. The van der Waals surface area contributed by atoms with E-state index in [9.17, 15) is 5.11 Å². The van der Waals surface area contributed by atoms with Crippen molar-refractivity contribution in [2.45, 2.75) is 19.3 Å². The highest BCUT2D eigenvalue weighted by molar-refractivity contribution is 5.11. The van der Waals surface area contributed by atoms with Crippen molar-refractivity contribution < 1.29 is 18.4 Å². The summed E-state index contributed by atoms with van der Waals surface area (Å²) in [5.74, 6) is -1.15. The fraction of sp³-hybridized carbons (Fsp3) is 0.429. The number of aromatic hydroxyl groups is 1. The SMILES string of the molecule is [2H]C([2H])([2H])C(O)(c1ncc(O)cn1)C([2H])([2H])[2H]. The van der Waals surface area contributed by atoms with Gasteiger partial charge in [-0.25, -0.2) is 9.97 Å². The van der Waals surface area contributed by atoms with E-state index in [4.69, 9.17) is 13.3 Å². The minimum absolute atomic E-state index is 0.368. The maximum atomic E-state index is 9.91. The molecule has 0 bridgehead atoms. The predicted octanol–water partition coefficient (Wildman–Crippen LogP) is 0.410. The minimum atomic E-state index is -3.23. The van der Waals surface area contributed by atoms with Crippen LogP contribution in [-0.4, -0.2) is 20.2 Å². The van der Waals surface area contributed by atoms with Crippen molar-refractivity contribution in [1.29, 1.82) is 0 Å². The van der Waals surface area contributed by atoms with E-state index in [-0.39, 0.29) is 5.75 Å². The molecule has 0 aliphatic rings. The lowest BCUT2D eigenvalue weighted by Crippen LogP contribution is -2.18. The monoisotopic (exact) mass is 160 g/mol. The van der Waals surface area contributed by atoms with E-state index >= 15 is 0 Å². The van der Waals surface area contributed by atoms with Gasteiger partial charge in [0.15, 0.2) is 11.6 Å². The highest BCUT2D eigenvalue weighted by Crippen LogP contribution is 2.15. The molecule has 0 atom stereocenters. The van der Waals surface area contributed by atoms with Crippen LogP contribution in [0.2, 0.25) is 0 Å². The first kappa shape index (κ1) is 3.06. The third kappa shape index (κ3) is 1.88. The van der Waals surface area contributed by atoms with Gasteiger partial charge in [-0.2, -0.15) is 0 Å². The Hall–Kier alpha value is -1.16. The van der Waals surface area contributed by atoms with Crippen molar-refractivity contribution >= 4 is 0 Å². The third-order valence-electron chi connectivity index (χ3n) is 0.962. The van der Waals surface area contributed by atoms with Gasteiger partial charge in [0.05, 0.1) is 12.4 Å². The smallest absolute Gasteiger partial charge is 0.159 e. The lowest BCUT2D eigenvalue weighted by molar-refractivity contribution is 0.0685. The molecule has 1 aromatic rings. The average molecular weight is 160 g/mol. The lowest BCUT2D eigenvalue weighted by Gasteiger charge is -2.13. The van der Waals surface area contributed by atoms with Crippen molar-refractivity contribution in [1.82, 2.24) is 9.97 Å². The first-order valence-corrected chi connectivity index (χ1v) is 2.74. The van der Waals surface area contributed by atoms with Crippen molar-refractivity contribution in [3.05, 3.63) is 18.2 Å². The maximum Gasteiger partial charge on any atom is 0.159 e. The third-order valence-corrected chi connectivity index (χ3v) is 0.962. The number of aromatic nitrogens is 2. The highest BCUT2D eigenvalue weighted by atomic mass is 16.3. The van der Waals surface area contributed by atoms with Gasteiger partial charge in [-0.3, -0.25) is 0 Å². The molecule has 0 saturated carbocycles. The standard InChI is InChI=1S/C7H10N2O2/c1-7(2,11)6-8-3-5(10)4-9-6/h3-4,10-11H,1-2H3/i1D3,2D3. The van der Waals surface area contributed by atoms with E-state index in [1.807, 2.05) is 0 Å². The molecule has 0 saturated heterocycles. The van der Waals surface area contributed by atoms with Crippen LogP contribution in [-0.2, 0) is 5.60 Å². The van der Waals surface area contributed by atoms with Gasteiger partial charge in [0, 0.05) is 8.22 Å². The molecule has 1 rings (SSSR count). The summed E-state index contributed by atoms with van der Waals surface area (Å²) in [6.45, 7) is -6.45. The van der Waals surface area contributed by atoms with Crippen LogP contribution in [0.3, 0.4) is 0 Å². The first-order valence-electron chi connectivity index (χ1n) is 5.74. The van der Waals surface area contributed by atoms with Gasteiger partial charge in [-0.1, -0.05) is 0 Å². The molecule has 60 valence electrons. The molecular formula is C7H10N2O2. The molecule has 0 unspecified atom stereocenters. The topological polar surface area (TPSA) is 66.2 Å². The summed E-state index contributed by atoms with van der Waals surface area (Å²) in [6.07, 6.45) is 1.62. The molecule has 0 aliphatic heterocycles. The largest absolute Gasteiger partial charge is 0.505 e. The van der Waals surface area contributed by atoms with Crippen molar-refractivity contribution in [2.24, 2.45) is 0 Å². The molecule has 11 heavy (non-hydrogen) atoms. The summed E-state index contributed by atoms with van der Waals surface area (Å²) < 4.78 is 42.7. The molecule has 0 fully saturated rings. The van der Waals surface area contributed by atoms with Gasteiger partial charge < -0.3 is 10.2 Å². The molecule has 0 spiro atoms. The van der Waals surface area contributed by atoms with Crippen LogP contribution in [0.15, 0.2) is 12.4 Å². The Morgan fingerprint density at radius 2 is 2.00 bits per heavy atom. The lowest BCUT2D eigenvalue weighted by atomic mass is 10.1. The molecule has 0 aromatic carbocycles. The Kier molecular flexibility index (Phi) is 0.687. The number of nitrogens with zero attached hydrogens (tertiary/aromatic N) is 2. The summed E-state index contributed by atoms with van der Waals surface area (Å²) >= 11 is 0. The van der Waals surface area contributed by atoms with Crippen LogP contribution >= 0.6 is 0 Å². The summed E-state index contributed by atoms with van der Waals surface area (Å²) in [5, 5.41) is 18.9. The van der Waals surface area contributed by atoms with Crippen LogP contribution in [0.5, 0.6) is 5.75 Å². The van der Waals surface area contributed by atoms with Crippen molar-refractivity contribution in [3.63, 3.8) is 0 Å². The van der Waals surface area contributed by atoms with Crippen molar-refractivity contribution in [2.75, 3.05) is 0 Å².